The van der Waals surface area contributed by atoms with Gasteiger partial charge in [0.05, 0.1) is 19.8 Å². The number of rotatable bonds is 5. The van der Waals surface area contributed by atoms with Crippen molar-refractivity contribution in [3.8, 4) is 0 Å². The van der Waals surface area contributed by atoms with Crippen molar-refractivity contribution in [3.05, 3.63) is 29.8 Å². The molecule has 21 heavy (non-hydrogen) atoms. The van der Waals surface area contributed by atoms with Gasteiger partial charge in [-0.1, -0.05) is 25.0 Å². The third kappa shape index (κ3) is 4.03. The zero-order valence-corrected chi connectivity index (χ0v) is 12.1. The molecule has 3 rings (SSSR count). The van der Waals surface area contributed by atoms with E-state index in [-0.39, 0.29) is 12.2 Å². The van der Waals surface area contributed by atoms with Crippen LogP contribution >= 0.6 is 0 Å². The van der Waals surface area contributed by atoms with Crippen LogP contribution in [0, 0.1) is 0 Å². The van der Waals surface area contributed by atoms with Gasteiger partial charge < -0.3 is 20.1 Å². The molecule has 1 amide bonds. The molecule has 1 heterocycles. The van der Waals surface area contributed by atoms with Gasteiger partial charge in [0.1, 0.15) is 0 Å². The van der Waals surface area contributed by atoms with Gasteiger partial charge in [-0.15, -0.1) is 0 Å². The van der Waals surface area contributed by atoms with Crippen LogP contribution in [0.15, 0.2) is 24.3 Å². The molecule has 114 valence electrons. The molecule has 0 spiro atoms. The van der Waals surface area contributed by atoms with Gasteiger partial charge in [0.2, 0.25) is 5.91 Å². The minimum atomic E-state index is -0.265. The molecule has 2 aliphatic rings. The number of ether oxygens (including phenoxy) is 2. The summed E-state index contributed by atoms with van der Waals surface area (Å²) in [5.74, 6) is 0.00279. The number of amides is 1. The van der Waals surface area contributed by atoms with Crippen LogP contribution in [0.3, 0.4) is 0 Å². The molecule has 1 saturated carbocycles. The molecule has 0 bridgehead atoms. The van der Waals surface area contributed by atoms with Crippen LogP contribution in [-0.2, 0) is 14.3 Å². The van der Waals surface area contributed by atoms with Crippen LogP contribution in [0.25, 0.3) is 0 Å². The van der Waals surface area contributed by atoms with Gasteiger partial charge in [0.15, 0.2) is 6.29 Å². The molecule has 0 radical (unpaired) electrons. The van der Waals surface area contributed by atoms with E-state index in [1.807, 2.05) is 24.3 Å². The largest absolute Gasteiger partial charge is 0.346 e. The maximum atomic E-state index is 11.9. The Morgan fingerprint density at radius 1 is 1.10 bits per heavy atom. The van der Waals surface area contributed by atoms with Crippen molar-refractivity contribution in [2.75, 3.05) is 25.1 Å². The van der Waals surface area contributed by atoms with Crippen molar-refractivity contribution in [3.63, 3.8) is 0 Å². The Kier molecular flexibility index (Phi) is 4.85. The quantitative estimate of drug-likeness (QED) is 0.873. The van der Waals surface area contributed by atoms with E-state index in [1.165, 1.54) is 25.7 Å². The molecule has 0 unspecified atom stereocenters. The van der Waals surface area contributed by atoms with Crippen LogP contribution in [0.2, 0.25) is 0 Å². The van der Waals surface area contributed by atoms with Gasteiger partial charge >= 0.3 is 0 Å². The maximum Gasteiger partial charge on any atom is 0.238 e. The van der Waals surface area contributed by atoms with Crippen LogP contribution in [0.5, 0.6) is 0 Å². The Morgan fingerprint density at radius 3 is 2.43 bits per heavy atom. The second kappa shape index (κ2) is 7.02. The van der Waals surface area contributed by atoms with Crippen molar-refractivity contribution in [2.45, 2.75) is 38.0 Å². The average Bonchev–Trinajstić information content (AvgIpc) is 3.19. The summed E-state index contributed by atoms with van der Waals surface area (Å²) in [6, 6.07) is 8.13. The Labute approximate surface area is 125 Å². The van der Waals surface area contributed by atoms with Gasteiger partial charge in [0, 0.05) is 17.3 Å². The smallest absolute Gasteiger partial charge is 0.238 e. The second-order valence-corrected chi connectivity index (χ2v) is 5.61. The molecule has 5 heteroatoms. The molecule has 1 aromatic rings. The molecule has 2 N–H and O–H groups in total. The number of hydrogen-bond donors (Lipinski definition) is 2. The van der Waals surface area contributed by atoms with Gasteiger partial charge in [-0.3, -0.25) is 4.79 Å². The molecule has 0 atom stereocenters. The van der Waals surface area contributed by atoms with Crippen LogP contribution in [0.4, 0.5) is 5.69 Å². The van der Waals surface area contributed by atoms with Gasteiger partial charge in [-0.25, -0.2) is 0 Å². The number of hydrogen-bond acceptors (Lipinski definition) is 4. The highest BCUT2D eigenvalue weighted by Gasteiger charge is 2.18. The molecular formula is C16H22N2O3. The number of benzene rings is 1. The molecule has 5 nitrogen and oxygen atoms in total. The standard InChI is InChI=1S/C16H22N2O3/c19-15(11-17-13-3-1-2-4-13)18-14-7-5-12(6-8-14)16-20-9-10-21-16/h5-8,13,16-17H,1-4,9-11H2,(H,18,19). The molecule has 0 aromatic heterocycles. The monoisotopic (exact) mass is 290 g/mol. The maximum absolute atomic E-state index is 11.9. The van der Waals surface area contributed by atoms with E-state index in [4.69, 9.17) is 9.47 Å². The van der Waals surface area contributed by atoms with Gasteiger partial charge in [-0.2, -0.15) is 0 Å². The first kappa shape index (κ1) is 14.5. The Hall–Kier alpha value is -1.43. The van der Waals surface area contributed by atoms with E-state index >= 15 is 0 Å². The van der Waals surface area contributed by atoms with E-state index in [9.17, 15) is 4.79 Å². The summed E-state index contributed by atoms with van der Waals surface area (Å²) in [6.07, 6.45) is 4.64. The molecule has 1 aromatic carbocycles. The number of carbonyl (C=O) groups excluding carboxylic acids is 1. The first-order valence-corrected chi connectivity index (χ1v) is 7.68. The number of anilines is 1. The predicted octanol–water partition coefficient (Wildman–Crippen LogP) is 2.20. The second-order valence-electron chi connectivity index (χ2n) is 5.61. The third-order valence-corrected chi connectivity index (χ3v) is 3.99. The zero-order valence-electron chi connectivity index (χ0n) is 12.1. The molecule has 1 saturated heterocycles. The summed E-state index contributed by atoms with van der Waals surface area (Å²) in [6.45, 7) is 1.65. The fourth-order valence-electron chi connectivity index (χ4n) is 2.85. The lowest BCUT2D eigenvalue weighted by Gasteiger charge is -2.13. The summed E-state index contributed by atoms with van der Waals surface area (Å²) in [5, 5.41) is 6.21. The van der Waals surface area contributed by atoms with Gasteiger partial charge in [-0.05, 0) is 25.0 Å². The summed E-state index contributed by atoms with van der Waals surface area (Å²) in [7, 11) is 0. The van der Waals surface area contributed by atoms with Crippen LogP contribution in [-0.4, -0.2) is 31.7 Å². The highest BCUT2D eigenvalue weighted by Crippen LogP contribution is 2.24. The Bertz CT molecular complexity index is 463. The minimum absolute atomic E-state index is 0.00279. The van der Waals surface area contributed by atoms with Crippen molar-refractivity contribution in [2.24, 2.45) is 0 Å². The molecule has 1 aliphatic carbocycles. The summed E-state index contributed by atoms with van der Waals surface area (Å²) in [5.41, 5.74) is 1.78. The van der Waals surface area contributed by atoms with E-state index in [1.54, 1.807) is 0 Å². The van der Waals surface area contributed by atoms with Crippen molar-refractivity contribution in [1.82, 2.24) is 5.32 Å². The number of nitrogens with one attached hydrogen (secondary N) is 2. The van der Waals surface area contributed by atoms with Gasteiger partial charge in [0.25, 0.3) is 0 Å². The topological polar surface area (TPSA) is 59.6 Å². The van der Waals surface area contributed by atoms with Crippen LogP contribution in [0.1, 0.15) is 37.5 Å². The van der Waals surface area contributed by atoms with Crippen molar-refractivity contribution >= 4 is 11.6 Å². The Balaban J connectivity index is 1.46. The summed E-state index contributed by atoms with van der Waals surface area (Å²) < 4.78 is 10.9. The van der Waals surface area contributed by atoms with E-state index in [0.717, 1.165) is 11.3 Å². The van der Waals surface area contributed by atoms with Crippen LogP contribution < -0.4 is 10.6 Å². The minimum Gasteiger partial charge on any atom is -0.346 e. The molecular weight excluding hydrogens is 268 g/mol. The molecule has 1 aliphatic heterocycles. The lowest BCUT2D eigenvalue weighted by molar-refractivity contribution is -0.115. The first-order chi connectivity index (χ1) is 10.3. The summed E-state index contributed by atoms with van der Waals surface area (Å²) >= 11 is 0. The Morgan fingerprint density at radius 2 is 1.76 bits per heavy atom. The third-order valence-electron chi connectivity index (χ3n) is 3.99. The van der Waals surface area contributed by atoms with Crippen molar-refractivity contribution < 1.29 is 14.3 Å². The summed E-state index contributed by atoms with van der Waals surface area (Å²) in [4.78, 5) is 11.9. The zero-order chi connectivity index (χ0) is 14.5. The lowest BCUT2D eigenvalue weighted by atomic mass is 10.2. The SMILES string of the molecule is O=C(CNC1CCCC1)Nc1ccc(C2OCCO2)cc1. The van der Waals surface area contributed by atoms with E-state index in [0.29, 0.717) is 25.8 Å². The fourth-order valence-corrected chi connectivity index (χ4v) is 2.85. The highest BCUT2D eigenvalue weighted by atomic mass is 16.7. The normalized spacial score (nSPS) is 20.0. The van der Waals surface area contributed by atoms with Crippen molar-refractivity contribution in [1.29, 1.82) is 0 Å². The predicted molar refractivity (Wildman–Crippen MR) is 80.0 cm³/mol. The molecule has 2 fully saturated rings. The average molecular weight is 290 g/mol. The van der Waals surface area contributed by atoms with E-state index < -0.39 is 0 Å². The highest BCUT2D eigenvalue weighted by molar-refractivity contribution is 5.92. The first-order valence-electron chi connectivity index (χ1n) is 7.68. The van der Waals surface area contributed by atoms with E-state index in [2.05, 4.69) is 10.6 Å². The lowest BCUT2D eigenvalue weighted by Crippen LogP contribution is -2.34. The fraction of sp³-hybridized carbons (Fsp3) is 0.562. The number of carbonyl (C=O) groups is 1.